The van der Waals surface area contributed by atoms with Crippen LogP contribution in [0.2, 0.25) is 5.02 Å². The topological polar surface area (TPSA) is 67.2 Å². The first-order chi connectivity index (χ1) is 14.4. The minimum atomic E-state index is -0.376. The van der Waals surface area contributed by atoms with Crippen molar-refractivity contribution in [1.29, 1.82) is 0 Å². The number of benzene rings is 1. The number of carbonyl (C=O) groups excluding carboxylic acids is 1. The van der Waals surface area contributed by atoms with Crippen LogP contribution >= 0.6 is 22.9 Å². The van der Waals surface area contributed by atoms with Gasteiger partial charge >= 0.3 is 0 Å². The Kier molecular flexibility index (Phi) is 5.90. The first-order valence-electron chi connectivity index (χ1n) is 9.79. The quantitative estimate of drug-likeness (QED) is 0.646. The van der Waals surface area contributed by atoms with Crippen LogP contribution in [0.1, 0.15) is 39.7 Å². The molecule has 0 spiro atoms. The molecule has 3 aromatic rings. The number of amides is 1. The SMILES string of the molecule is Cc1c(C(=O)NCC(c2c(F)cccc2Cl)N2CCCC2)sc2ncn(C)c(=O)c12. The summed E-state index contributed by atoms with van der Waals surface area (Å²) >= 11 is 7.51. The predicted molar refractivity (Wildman–Crippen MR) is 117 cm³/mol. The smallest absolute Gasteiger partial charge is 0.262 e. The van der Waals surface area contributed by atoms with Crippen LogP contribution in [0.15, 0.2) is 29.3 Å². The van der Waals surface area contributed by atoms with Gasteiger partial charge in [-0.1, -0.05) is 17.7 Å². The van der Waals surface area contributed by atoms with Gasteiger partial charge in [-0.05, 0) is 50.6 Å². The Hall–Kier alpha value is -2.29. The highest BCUT2D eigenvalue weighted by Gasteiger charge is 2.29. The zero-order valence-electron chi connectivity index (χ0n) is 16.7. The monoisotopic (exact) mass is 448 g/mol. The van der Waals surface area contributed by atoms with Crippen LogP contribution in [0, 0.1) is 12.7 Å². The van der Waals surface area contributed by atoms with E-state index in [1.54, 1.807) is 26.1 Å². The van der Waals surface area contributed by atoms with Crippen LogP contribution in [0.3, 0.4) is 0 Å². The van der Waals surface area contributed by atoms with Crippen molar-refractivity contribution in [3.05, 3.63) is 61.7 Å². The zero-order valence-corrected chi connectivity index (χ0v) is 18.3. The van der Waals surface area contributed by atoms with Crippen LogP contribution in [0.4, 0.5) is 4.39 Å². The summed E-state index contributed by atoms with van der Waals surface area (Å²) in [5, 5.41) is 3.75. The van der Waals surface area contributed by atoms with Gasteiger partial charge in [-0.3, -0.25) is 14.5 Å². The molecule has 158 valence electrons. The minimum absolute atomic E-state index is 0.180. The number of hydrogen-bond acceptors (Lipinski definition) is 5. The molecule has 4 rings (SSSR count). The summed E-state index contributed by atoms with van der Waals surface area (Å²) in [7, 11) is 1.63. The Morgan fingerprint density at radius 1 is 1.37 bits per heavy atom. The normalized spacial score (nSPS) is 15.6. The molecule has 0 saturated carbocycles. The molecular formula is C21H22ClFN4O2S. The highest BCUT2D eigenvalue weighted by atomic mass is 35.5. The fraction of sp³-hybridized carbons (Fsp3) is 0.381. The summed E-state index contributed by atoms with van der Waals surface area (Å²) < 4.78 is 16.0. The molecule has 30 heavy (non-hydrogen) atoms. The number of halogens is 2. The van der Waals surface area contributed by atoms with E-state index in [1.807, 2.05) is 0 Å². The Labute approximate surface area is 182 Å². The van der Waals surface area contributed by atoms with Crippen molar-refractivity contribution in [3.8, 4) is 0 Å². The molecule has 0 radical (unpaired) electrons. The second-order valence-electron chi connectivity index (χ2n) is 7.50. The maximum Gasteiger partial charge on any atom is 0.262 e. The predicted octanol–water partition coefficient (Wildman–Crippen LogP) is 3.66. The molecule has 3 heterocycles. The van der Waals surface area contributed by atoms with E-state index in [0.29, 0.717) is 31.2 Å². The molecule has 1 saturated heterocycles. The lowest BCUT2D eigenvalue weighted by molar-refractivity contribution is 0.0940. The van der Waals surface area contributed by atoms with E-state index < -0.39 is 0 Å². The molecule has 2 aromatic heterocycles. The van der Waals surface area contributed by atoms with Crippen molar-refractivity contribution < 1.29 is 9.18 Å². The lowest BCUT2D eigenvalue weighted by Gasteiger charge is -2.29. The van der Waals surface area contributed by atoms with Gasteiger partial charge in [0.15, 0.2) is 0 Å². The van der Waals surface area contributed by atoms with E-state index in [1.165, 1.54) is 28.3 Å². The van der Waals surface area contributed by atoms with E-state index in [4.69, 9.17) is 11.6 Å². The Morgan fingerprint density at radius 3 is 2.80 bits per heavy atom. The molecule has 1 atom stereocenters. The van der Waals surface area contributed by atoms with Crippen molar-refractivity contribution in [1.82, 2.24) is 19.8 Å². The van der Waals surface area contributed by atoms with Gasteiger partial charge in [0.2, 0.25) is 0 Å². The number of fused-ring (bicyclic) bond motifs is 1. The second-order valence-corrected chi connectivity index (χ2v) is 8.91. The third-order valence-corrected chi connectivity index (χ3v) is 7.12. The molecule has 1 amide bonds. The molecule has 6 nitrogen and oxygen atoms in total. The van der Waals surface area contributed by atoms with Gasteiger partial charge in [0.05, 0.1) is 22.6 Å². The highest BCUT2D eigenvalue weighted by Crippen LogP contribution is 2.32. The number of nitrogens with zero attached hydrogens (tertiary/aromatic N) is 3. The zero-order chi connectivity index (χ0) is 21.4. The van der Waals surface area contributed by atoms with Gasteiger partial charge in [0, 0.05) is 24.2 Å². The summed E-state index contributed by atoms with van der Waals surface area (Å²) in [6.45, 7) is 3.63. The van der Waals surface area contributed by atoms with E-state index in [2.05, 4.69) is 15.2 Å². The van der Waals surface area contributed by atoms with Crippen molar-refractivity contribution >= 4 is 39.1 Å². The van der Waals surface area contributed by atoms with E-state index in [9.17, 15) is 14.0 Å². The van der Waals surface area contributed by atoms with Crippen molar-refractivity contribution in [3.63, 3.8) is 0 Å². The first-order valence-corrected chi connectivity index (χ1v) is 11.0. The number of aromatic nitrogens is 2. The molecule has 9 heteroatoms. The summed E-state index contributed by atoms with van der Waals surface area (Å²) in [5.74, 6) is -0.673. The molecule has 1 aliphatic heterocycles. The van der Waals surface area contributed by atoms with Crippen LogP contribution in [-0.2, 0) is 7.05 Å². The van der Waals surface area contributed by atoms with Crippen molar-refractivity contribution in [2.75, 3.05) is 19.6 Å². The first kappa shape index (κ1) is 21.0. The summed E-state index contributed by atoms with van der Waals surface area (Å²) in [6.07, 6.45) is 3.51. The number of likely N-dealkylation sites (tertiary alicyclic amines) is 1. The van der Waals surface area contributed by atoms with Crippen LogP contribution in [0.5, 0.6) is 0 Å². The van der Waals surface area contributed by atoms with Gasteiger partial charge in [0.25, 0.3) is 11.5 Å². The van der Waals surface area contributed by atoms with E-state index in [-0.39, 0.29) is 29.9 Å². The largest absolute Gasteiger partial charge is 0.349 e. The summed E-state index contributed by atoms with van der Waals surface area (Å²) in [5.41, 5.74) is 0.841. The van der Waals surface area contributed by atoms with Crippen LogP contribution < -0.4 is 10.9 Å². The Bertz CT molecular complexity index is 1150. The average Bonchev–Trinajstić information content (AvgIpc) is 3.35. The number of rotatable bonds is 5. The van der Waals surface area contributed by atoms with Gasteiger partial charge in [-0.25, -0.2) is 9.37 Å². The number of hydrogen-bond donors (Lipinski definition) is 1. The van der Waals surface area contributed by atoms with Gasteiger partial charge in [0.1, 0.15) is 10.6 Å². The molecule has 1 N–H and O–H groups in total. The standard InChI is InChI=1S/C21H22ClFN4O2S/c1-12-16-20(25-11-26(2)21(16)29)30-18(12)19(28)24-10-15(27-8-3-4-9-27)17-13(22)6-5-7-14(17)23/h5-7,11,15H,3-4,8-10H2,1-2H3,(H,24,28). The fourth-order valence-corrected chi connectivity index (χ4v) is 5.34. The second kappa shape index (κ2) is 8.45. The molecule has 1 unspecified atom stereocenters. The summed E-state index contributed by atoms with van der Waals surface area (Å²) in [6, 6.07) is 4.28. The number of carbonyl (C=O) groups is 1. The number of aryl methyl sites for hydroxylation is 2. The maximum atomic E-state index is 14.6. The van der Waals surface area contributed by atoms with Crippen LogP contribution in [-0.4, -0.2) is 40.0 Å². The number of nitrogens with one attached hydrogen (secondary N) is 1. The average molecular weight is 449 g/mol. The van der Waals surface area contributed by atoms with Gasteiger partial charge < -0.3 is 9.88 Å². The van der Waals surface area contributed by atoms with Crippen LogP contribution in [0.25, 0.3) is 10.2 Å². The minimum Gasteiger partial charge on any atom is -0.349 e. The number of thiophene rings is 1. The molecular weight excluding hydrogens is 427 g/mol. The molecule has 0 bridgehead atoms. The van der Waals surface area contributed by atoms with Crippen molar-refractivity contribution in [2.45, 2.75) is 25.8 Å². The third kappa shape index (κ3) is 3.75. The molecule has 1 aliphatic rings. The Morgan fingerprint density at radius 2 is 2.10 bits per heavy atom. The van der Waals surface area contributed by atoms with E-state index in [0.717, 1.165) is 25.9 Å². The molecule has 1 fully saturated rings. The van der Waals surface area contributed by atoms with Gasteiger partial charge in [-0.15, -0.1) is 11.3 Å². The maximum absolute atomic E-state index is 14.6. The highest BCUT2D eigenvalue weighted by molar-refractivity contribution is 7.20. The van der Waals surface area contributed by atoms with E-state index >= 15 is 0 Å². The van der Waals surface area contributed by atoms with Gasteiger partial charge in [-0.2, -0.15) is 0 Å². The summed E-state index contributed by atoms with van der Waals surface area (Å²) in [4.78, 5) is 32.8. The Balaban J connectivity index is 1.62. The molecule has 0 aliphatic carbocycles. The fourth-order valence-electron chi connectivity index (χ4n) is 3.99. The van der Waals surface area contributed by atoms with Crippen molar-refractivity contribution in [2.24, 2.45) is 7.05 Å². The lowest BCUT2D eigenvalue weighted by atomic mass is 10.0. The lowest BCUT2D eigenvalue weighted by Crippen LogP contribution is -2.37. The third-order valence-electron chi connectivity index (χ3n) is 5.59. The molecule has 1 aromatic carbocycles.